The summed E-state index contributed by atoms with van der Waals surface area (Å²) in [6, 6.07) is 0.374. The molecule has 0 saturated heterocycles. The van der Waals surface area contributed by atoms with Crippen molar-refractivity contribution in [3.63, 3.8) is 0 Å². The molecule has 1 fully saturated rings. The average molecular weight is 244 g/mol. The van der Waals surface area contributed by atoms with Gasteiger partial charge in [-0.05, 0) is 25.0 Å². The number of hydrogen-bond donors (Lipinski definition) is 2. The largest absolute Gasteiger partial charge is 0.353 e. The molecule has 1 rings (SSSR count). The van der Waals surface area contributed by atoms with Crippen LogP contribution in [0.25, 0.3) is 0 Å². The summed E-state index contributed by atoms with van der Waals surface area (Å²) >= 11 is 2.02. The highest BCUT2D eigenvalue weighted by Crippen LogP contribution is 2.28. The van der Waals surface area contributed by atoms with E-state index in [2.05, 4.69) is 12.2 Å². The standard InChI is InChI=1S/C12H24N2OS/c1-3-16-11-6-4-5-10(7-11)14-12(15)9(2)8-13/h9-11H,3-8,13H2,1-2H3,(H,14,15). The van der Waals surface area contributed by atoms with Gasteiger partial charge in [0.15, 0.2) is 0 Å². The second kappa shape index (κ2) is 7.17. The van der Waals surface area contributed by atoms with Crippen LogP contribution in [-0.4, -0.2) is 29.5 Å². The van der Waals surface area contributed by atoms with Gasteiger partial charge in [0.25, 0.3) is 0 Å². The first kappa shape index (κ1) is 13.8. The molecular formula is C12H24N2OS. The topological polar surface area (TPSA) is 55.1 Å². The lowest BCUT2D eigenvalue weighted by Crippen LogP contribution is -2.43. The van der Waals surface area contributed by atoms with Crippen molar-refractivity contribution >= 4 is 17.7 Å². The highest BCUT2D eigenvalue weighted by Gasteiger charge is 2.24. The molecule has 94 valence electrons. The second-order valence-electron chi connectivity index (χ2n) is 4.59. The van der Waals surface area contributed by atoms with E-state index in [1.165, 1.54) is 18.6 Å². The van der Waals surface area contributed by atoms with Gasteiger partial charge in [0.1, 0.15) is 0 Å². The SMILES string of the molecule is CCSC1CCCC(NC(=O)C(C)CN)C1. The van der Waals surface area contributed by atoms with E-state index in [1.807, 2.05) is 18.7 Å². The molecule has 3 atom stereocenters. The summed E-state index contributed by atoms with van der Waals surface area (Å²) in [5, 5.41) is 3.86. The molecule has 0 aliphatic heterocycles. The summed E-state index contributed by atoms with van der Waals surface area (Å²) < 4.78 is 0. The molecule has 3 nitrogen and oxygen atoms in total. The van der Waals surface area contributed by atoms with E-state index in [1.54, 1.807) is 0 Å². The first-order valence-electron chi connectivity index (χ1n) is 6.29. The highest BCUT2D eigenvalue weighted by atomic mass is 32.2. The summed E-state index contributed by atoms with van der Waals surface area (Å²) in [6.07, 6.45) is 4.79. The van der Waals surface area contributed by atoms with Gasteiger partial charge >= 0.3 is 0 Å². The molecule has 3 N–H and O–H groups in total. The van der Waals surface area contributed by atoms with Gasteiger partial charge < -0.3 is 11.1 Å². The van der Waals surface area contributed by atoms with Crippen LogP contribution < -0.4 is 11.1 Å². The summed E-state index contributed by atoms with van der Waals surface area (Å²) in [4.78, 5) is 11.7. The molecule has 0 bridgehead atoms. The van der Waals surface area contributed by atoms with Gasteiger partial charge in [0, 0.05) is 23.8 Å². The maximum Gasteiger partial charge on any atom is 0.224 e. The van der Waals surface area contributed by atoms with Crippen molar-refractivity contribution in [1.29, 1.82) is 0 Å². The Labute approximate surface area is 103 Å². The molecule has 0 aromatic rings. The minimum atomic E-state index is -0.0563. The van der Waals surface area contributed by atoms with E-state index >= 15 is 0 Å². The van der Waals surface area contributed by atoms with E-state index in [0.717, 1.165) is 18.1 Å². The maximum absolute atomic E-state index is 11.7. The van der Waals surface area contributed by atoms with Crippen molar-refractivity contribution in [3.8, 4) is 0 Å². The fourth-order valence-electron chi connectivity index (χ4n) is 2.11. The Morgan fingerprint density at radius 2 is 2.31 bits per heavy atom. The van der Waals surface area contributed by atoms with Crippen molar-refractivity contribution in [2.45, 2.75) is 50.8 Å². The van der Waals surface area contributed by atoms with E-state index in [0.29, 0.717) is 12.6 Å². The molecule has 4 heteroatoms. The minimum Gasteiger partial charge on any atom is -0.353 e. The molecule has 0 aromatic heterocycles. The van der Waals surface area contributed by atoms with Crippen molar-refractivity contribution < 1.29 is 4.79 Å². The number of carbonyl (C=O) groups is 1. The summed E-state index contributed by atoms with van der Waals surface area (Å²) in [5.41, 5.74) is 5.49. The number of rotatable bonds is 5. The van der Waals surface area contributed by atoms with Crippen molar-refractivity contribution in [2.24, 2.45) is 11.7 Å². The summed E-state index contributed by atoms with van der Waals surface area (Å²) in [7, 11) is 0. The van der Waals surface area contributed by atoms with E-state index in [9.17, 15) is 4.79 Å². The van der Waals surface area contributed by atoms with Crippen LogP contribution in [-0.2, 0) is 4.79 Å². The van der Waals surface area contributed by atoms with Crippen LogP contribution in [0.2, 0.25) is 0 Å². The second-order valence-corrected chi connectivity index (χ2v) is 6.16. The lowest BCUT2D eigenvalue weighted by Gasteiger charge is -2.29. The zero-order valence-corrected chi connectivity index (χ0v) is 11.2. The zero-order chi connectivity index (χ0) is 12.0. The maximum atomic E-state index is 11.7. The van der Waals surface area contributed by atoms with Gasteiger partial charge in [-0.2, -0.15) is 11.8 Å². The first-order valence-corrected chi connectivity index (χ1v) is 7.34. The number of nitrogens with two attached hydrogens (primary N) is 1. The smallest absolute Gasteiger partial charge is 0.224 e. The summed E-state index contributed by atoms with van der Waals surface area (Å²) in [5.74, 6) is 1.23. The molecule has 0 spiro atoms. The molecule has 0 heterocycles. The fraction of sp³-hybridized carbons (Fsp3) is 0.917. The molecule has 1 saturated carbocycles. The van der Waals surface area contributed by atoms with E-state index < -0.39 is 0 Å². The zero-order valence-electron chi connectivity index (χ0n) is 10.4. The number of thioether (sulfide) groups is 1. The first-order chi connectivity index (χ1) is 7.67. The van der Waals surface area contributed by atoms with Gasteiger partial charge in [-0.3, -0.25) is 4.79 Å². The molecule has 1 amide bonds. The Bertz CT molecular complexity index is 221. The molecule has 3 unspecified atom stereocenters. The van der Waals surface area contributed by atoms with Gasteiger partial charge in [-0.15, -0.1) is 0 Å². The van der Waals surface area contributed by atoms with Gasteiger partial charge in [0.05, 0.1) is 0 Å². The molecule has 16 heavy (non-hydrogen) atoms. The third-order valence-electron chi connectivity index (χ3n) is 3.18. The van der Waals surface area contributed by atoms with Crippen LogP contribution in [0.15, 0.2) is 0 Å². The van der Waals surface area contributed by atoms with Gasteiger partial charge in [0.2, 0.25) is 5.91 Å². The van der Waals surface area contributed by atoms with Crippen LogP contribution in [0.4, 0.5) is 0 Å². The average Bonchev–Trinajstić information content (AvgIpc) is 2.29. The monoisotopic (exact) mass is 244 g/mol. The molecule has 0 aromatic carbocycles. The van der Waals surface area contributed by atoms with Crippen LogP contribution >= 0.6 is 11.8 Å². The third-order valence-corrected chi connectivity index (χ3v) is 4.41. The lowest BCUT2D eigenvalue weighted by molar-refractivity contribution is -0.125. The minimum absolute atomic E-state index is 0.0563. The van der Waals surface area contributed by atoms with Crippen molar-refractivity contribution in [1.82, 2.24) is 5.32 Å². The van der Waals surface area contributed by atoms with Crippen molar-refractivity contribution in [2.75, 3.05) is 12.3 Å². The Balaban J connectivity index is 2.33. The molecular weight excluding hydrogens is 220 g/mol. The number of amides is 1. The molecule has 1 aliphatic rings. The Hall–Kier alpha value is -0.220. The van der Waals surface area contributed by atoms with E-state index in [4.69, 9.17) is 5.73 Å². The molecule has 0 radical (unpaired) electrons. The van der Waals surface area contributed by atoms with Crippen LogP contribution in [0.5, 0.6) is 0 Å². The van der Waals surface area contributed by atoms with Crippen LogP contribution in [0, 0.1) is 5.92 Å². The van der Waals surface area contributed by atoms with Crippen molar-refractivity contribution in [3.05, 3.63) is 0 Å². The summed E-state index contributed by atoms with van der Waals surface area (Å²) in [6.45, 7) is 4.52. The quantitative estimate of drug-likeness (QED) is 0.775. The third kappa shape index (κ3) is 4.34. The number of carbonyl (C=O) groups excluding carboxylic acids is 1. The van der Waals surface area contributed by atoms with Gasteiger partial charge in [-0.1, -0.05) is 20.3 Å². The molecule has 1 aliphatic carbocycles. The van der Waals surface area contributed by atoms with Crippen LogP contribution in [0.3, 0.4) is 0 Å². The number of nitrogens with one attached hydrogen (secondary N) is 1. The van der Waals surface area contributed by atoms with Gasteiger partial charge in [-0.25, -0.2) is 0 Å². The Morgan fingerprint density at radius 3 is 2.94 bits per heavy atom. The highest BCUT2D eigenvalue weighted by molar-refractivity contribution is 7.99. The predicted molar refractivity (Wildman–Crippen MR) is 70.5 cm³/mol. The predicted octanol–water partition coefficient (Wildman–Crippen LogP) is 1.76. The normalized spacial score (nSPS) is 27.4. The number of hydrogen-bond acceptors (Lipinski definition) is 3. The Kier molecular flexibility index (Phi) is 6.21. The lowest BCUT2D eigenvalue weighted by atomic mass is 9.94. The van der Waals surface area contributed by atoms with Crippen LogP contribution in [0.1, 0.15) is 39.5 Å². The fourth-order valence-corrected chi connectivity index (χ4v) is 3.29. The Morgan fingerprint density at radius 1 is 1.56 bits per heavy atom. The van der Waals surface area contributed by atoms with E-state index in [-0.39, 0.29) is 11.8 Å².